The van der Waals surface area contributed by atoms with Crippen molar-refractivity contribution in [2.45, 2.75) is 51.0 Å². The topological polar surface area (TPSA) is 21.3 Å². The maximum atomic E-state index is 5.72. The molecule has 0 amide bonds. The van der Waals surface area contributed by atoms with Crippen molar-refractivity contribution in [3.8, 4) is 5.75 Å². The molecule has 2 unspecified atom stereocenters. The van der Waals surface area contributed by atoms with Crippen LogP contribution in [0.4, 0.5) is 0 Å². The van der Waals surface area contributed by atoms with E-state index in [1.54, 1.807) is 0 Å². The molecule has 0 aliphatic heterocycles. The van der Waals surface area contributed by atoms with E-state index in [-0.39, 0.29) is 0 Å². The summed E-state index contributed by atoms with van der Waals surface area (Å²) in [6, 6.07) is 10.9. The SMILES string of the molecule is c1ccc(OCCCNC2CCCC(C3CC3)C2)cc1. The lowest BCUT2D eigenvalue weighted by molar-refractivity contribution is 0.252. The largest absolute Gasteiger partial charge is 0.494 e. The predicted octanol–water partition coefficient (Wildman–Crippen LogP) is 4.01. The third-order valence-electron chi connectivity index (χ3n) is 4.77. The van der Waals surface area contributed by atoms with E-state index >= 15 is 0 Å². The van der Waals surface area contributed by atoms with Gasteiger partial charge < -0.3 is 10.1 Å². The quantitative estimate of drug-likeness (QED) is 0.758. The van der Waals surface area contributed by atoms with Crippen molar-refractivity contribution >= 4 is 0 Å². The Labute approximate surface area is 122 Å². The Hall–Kier alpha value is -1.02. The molecule has 1 N–H and O–H groups in total. The summed E-state index contributed by atoms with van der Waals surface area (Å²) in [7, 11) is 0. The number of nitrogens with one attached hydrogen (secondary N) is 1. The van der Waals surface area contributed by atoms with Gasteiger partial charge in [-0.15, -0.1) is 0 Å². The number of ether oxygens (including phenoxy) is 1. The van der Waals surface area contributed by atoms with Gasteiger partial charge in [-0.2, -0.15) is 0 Å². The van der Waals surface area contributed by atoms with Gasteiger partial charge in [0.15, 0.2) is 0 Å². The van der Waals surface area contributed by atoms with Gasteiger partial charge in [0.2, 0.25) is 0 Å². The van der Waals surface area contributed by atoms with Crippen molar-refractivity contribution < 1.29 is 4.74 Å². The van der Waals surface area contributed by atoms with Crippen LogP contribution < -0.4 is 10.1 Å². The molecule has 0 saturated heterocycles. The van der Waals surface area contributed by atoms with Crippen LogP contribution >= 0.6 is 0 Å². The number of benzene rings is 1. The van der Waals surface area contributed by atoms with E-state index in [0.29, 0.717) is 0 Å². The van der Waals surface area contributed by atoms with Crippen molar-refractivity contribution in [1.29, 1.82) is 0 Å². The highest BCUT2D eigenvalue weighted by Crippen LogP contribution is 2.43. The molecule has 2 heteroatoms. The Morgan fingerprint density at radius 3 is 2.65 bits per heavy atom. The third-order valence-corrected chi connectivity index (χ3v) is 4.77. The minimum Gasteiger partial charge on any atom is -0.494 e. The van der Waals surface area contributed by atoms with Gasteiger partial charge >= 0.3 is 0 Å². The van der Waals surface area contributed by atoms with Crippen LogP contribution in [0.15, 0.2) is 30.3 Å². The lowest BCUT2D eigenvalue weighted by Crippen LogP contribution is -2.35. The summed E-state index contributed by atoms with van der Waals surface area (Å²) in [5, 5.41) is 3.74. The van der Waals surface area contributed by atoms with Gasteiger partial charge in [0.25, 0.3) is 0 Å². The first-order chi connectivity index (χ1) is 9.92. The Kier molecular flexibility index (Phi) is 4.96. The lowest BCUT2D eigenvalue weighted by atomic mass is 9.83. The summed E-state index contributed by atoms with van der Waals surface area (Å²) in [5.74, 6) is 3.10. The van der Waals surface area contributed by atoms with Crippen LogP contribution in [-0.2, 0) is 0 Å². The highest BCUT2D eigenvalue weighted by atomic mass is 16.5. The summed E-state index contributed by atoms with van der Waals surface area (Å²) in [6.45, 7) is 1.91. The Bertz CT molecular complexity index is 388. The number of rotatable bonds is 7. The fraction of sp³-hybridized carbons (Fsp3) is 0.667. The second kappa shape index (κ2) is 7.12. The molecule has 2 aliphatic rings. The van der Waals surface area contributed by atoms with E-state index in [9.17, 15) is 0 Å². The van der Waals surface area contributed by atoms with Crippen molar-refractivity contribution in [3.63, 3.8) is 0 Å². The first-order valence-electron chi connectivity index (χ1n) is 8.33. The molecule has 3 rings (SSSR count). The van der Waals surface area contributed by atoms with Gasteiger partial charge in [0, 0.05) is 6.04 Å². The summed E-state index contributed by atoms with van der Waals surface area (Å²) >= 11 is 0. The molecule has 2 atom stereocenters. The van der Waals surface area contributed by atoms with Crippen LogP contribution in [-0.4, -0.2) is 19.2 Å². The zero-order valence-electron chi connectivity index (χ0n) is 12.4. The molecule has 1 aromatic carbocycles. The van der Waals surface area contributed by atoms with E-state index in [1.807, 2.05) is 30.3 Å². The smallest absolute Gasteiger partial charge is 0.119 e. The molecule has 1 aromatic rings. The van der Waals surface area contributed by atoms with E-state index in [1.165, 1.54) is 38.5 Å². The van der Waals surface area contributed by atoms with Gasteiger partial charge in [0.1, 0.15) is 5.75 Å². The third kappa shape index (κ3) is 4.24. The van der Waals surface area contributed by atoms with E-state index in [0.717, 1.165) is 43.2 Å². The number of hydrogen-bond acceptors (Lipinski definition) is 2. The minimum absolute atomic E-state index is 0.770. The van der Waals surface area contributed by atoms with E-state index in [4.69, 9.17) is 4.74 Å². The fourth-order valence-electron chi connectivity index (χ4n) is 3.49. The molecule has 0 radical (unpaired) electrons. The van der Waals surface area contributed by atoms with Crippen LogP contribution in [0.5, 0.6) is 5.75 Å². The van der Waals surface area contributed by atoms with Gasteiger partial charge in [-0.1, -0.05) is 31.0 Å². The standard InChI is InChI=1S/C18H27NO/c1-2-8-18(9-3-1)20-13-5-12-19-17-7-4-6-16(14-17)15-10-11-15/h1-3,8-9,15-17,19H,4-7,10-14H2. The summed E-state index contributed by atoms with van der Waals surface area (Å²) in [5.41, 5.74) is 0. The van der Waals surface area contributed by atoms with Crippen LogP contribution in [0.25, 0.3) is 0 Å². The zero-order chi connectivity index (χ0) is 13.6. The van der Waals surface area contributed by atoms with Gasteiger partial charge in [-0.25, -0.2) is 0 Å². The van der Waals surface area contributed by atoms with Crippen molar-refractivity contribution in [3.05, 3.63) is 30.3 Å². The molecule has 0 aromatic heterocycles. The lowest BCUT2D eigenvalue weighted by Gasteiger charge is -2.30. The molecule has 110 valence electrons. The summed E-state index contributed by atoms with van der Waals surface area (Å²) in [6.07, 6.45) is 9.82. The van der Waals surface area contributed by atoms with Gasteiger partial charge in [-0.3, -0.25) is 0 Å². The Balaban J connectivity index is 1.28. The Morgan fingerprint density at radius 1 is 1.00 bits per heavy atom. The molecular weight excluding hydrogens is 246 g/mol. The Morgan fingerprint density at radius 2 is 1.85 bits per heavy atom. The molecule has 0 bridgehead atoms. The maximum Gasteiger partial charge on any atom is 0.119 e. The highest BCUT2D eigenvalue weighted by molar-refractivity contribution is 5.20. The maximum absolute atomic E-state index is 5.72. The number of para-hydroxylation sites is 1. The summed E-state index contributed by atoms with van der Waals surface area (Å²) in [4.78, 5) is 0. The first-order valence-corrected chi connectivity index (χ1v) is 8.33. The summed E-state index contributed by atoms with van der Waals surface area (Å²) < 4.78 is 5.72. The molecule has 2 nitrogen and oxygen atoms in total. The average Bonchev–Trinajstić information content (AvgIpc) is 3.33. The van der Waals surface area contributed by atoms with Gasteiger partial charge in [-0.05, 0) is 62.6 Å². The number of hydrogen-bond donors (Lipinski definition) is 1. The van der Waals surface area contributed by atoms with Crippen LogP contribution in [0.2, 0.25) is 0 Å². The van der Waals surface area contributed by atoms with Crippen molar-refractivity contribution in [2.75, 3.05) is 13.2 Å². The van der Waals surface area contributed by atoms with Crippen LogP contribution in [0, 0.1) is 11.8 Å². The van der Waals surface area contributed by atoms with E-state index < -0.39 is 0 Å². The second-order valence-corrected chi connectivity index (χ2v) is 6.43. The predicted molar refractivity (Wildman–Crippen MR) is 83.0 cm³/mol. The molecule has 0 heterocycles. The van der Waals surface area contributed by atoms with Crippen molar-refractivity contribution in [2.24, 2.45) is 11.8 Å². The monoisotopic (exact) mass is 273 g/mol. The van der Waals surface area contributed by atoms with Crippen LogP contribution in [0.1, 0.15) is 44.9 Å². The van der Waals surface area contributed by atoms with Crippen molar-refractivity contribution in [1.82, 2.24) is 5.32 Å². The van der Waals surface area contributed by atoms with Crippen LogP contribution in [0.3, 0.4) is 0 Å². The minimum atomic E-state index is 0.770. The molecular formula is C18H27NO. The highest BCUT2D eigenvalue weighted by Gasteiger charge is 2.34. The molecule has 2 saturated carbocycles. The normalized spacial score (nSPS) is 26.4. The molecule has 0 spiro atoms. The molecule has 20 heavy (non-hydrogen) atoms. The van der Waals surface area contributed by atoms with E-state index in [2.05, 4.69) is 5.32 Å². The average molecular weight is 273 g/mol. The first kappa shape index (κ1) is 13.9. The van der Waals surface area contributed by atoms with Gasteiger partial charge in [0.05, 0.1) is 6.61 Å². The zero-order valence-corrected chi connectivity index (χ0v) is 12.4. The second-order valence-electron chi connectivity index (χ2n) is 6.43. The molecule has 2 aliphatic carbocycles. The fourth-order valence-corrected chi connectivity index (χ4v) is 3.49. The molecule has 2 fully saturated rings.